The zero-order valence-corrected chi connectivity index (χ0v) is 19.1. The molecule has 0 aromatic carbocycles. The molecule has 32 heavy (non-hydrogen) atoms. The van der Waals surface area contributed by atoms with Gasteiger partial charge in [-0.2, -0.15) is 0 Å². The fourth-order valence-corrected chi connectivity index (χ4v) is 3.78. The molecule has 1 fully saturated rings. The quantitative estimate of drug-likeness (QED) is 0.619. The Kier molecular flexibility index (Phi) is 5.85. The second kappa shape index (κ2) is 8.46. The summed E-state index contributed by atoms with van der Waals surface area (Å²) in [6.45, 7) is 5.50. The van der Waals surface area contributed by atoms with Crippen molar-refractivity contribution < 1.29 is 18.7 Å². The number of anilines is 1. The van der Waals surface area contributed by atoms with Gasteiger partial charge in [0.2, 0.25) is 0 Å². The molecular weight excluding hydrogens is 437 g/mol. The van der Waals surface area contributed by atoms with Crippen LogP contribution in [0.25, 0.3) is 17.0 Å². The molecule has 0 bridgehead atoms. The molecule has 1 unspecified atom stereocenters. The predicted molar refractivity (Wildman–Crippen MR) is 120 cm³/mol. The largest absolute Gasteiger partial charge is 0.495 e. The lowest BCUT2D eigenvalue weighted by molar-refractivity contribution is 0.0283. The third-order valence-corrected chi connectivity index (χ3v) is 5.31. The van der Waals surface area contributed by atoms with Crippen molar-refractivity contribution in [3.05, 3.63) is 41.7 Å². The average molecular weight is 462 g/mol. The third kappa shape index (κ3) is 4.57. The molecule has 0 aliphatic carbocycles. The van der Waals surface area contributed by atoms with Crippen molar-refractivity contribution in [2.75, 3.05) is 25.5 Å². The van der Waals surface area contributed by atoms with Crippen molar-refractivity contribution in [1.82, 2.24) is 19.3 Å². The number of imidazole rings is 1. The van der Waals surface area contributed by atoms with Gasteiger partial charge in [-0.15, -0.1) is 0 Å². The molecular formula is C22H25ClFN5O3. The minimum Gasteiger partial charge on any atom is -0.495 e. The molecule has 1 saturated heterocycles. The van der Waals surface area contributed by atoms with E-state index in [1.807, 2.05) is 16.5 Å². The van der Waals surface area contributed by atoms with E-state index in [9.17, 15) is 9.18 Å². The maximum atomic E-state index is 14.6. The zero-order valence-electron chi connectivity index (χ0n) is 18.3. The van der Waals surface area contributed by atoms with E-state index in [-0.39, 0.29) is 13.1 Å². The summed E-state index contributed by atoms with van der Waals surface area (Å²) in [4.78, 5) is 22.7. The first-order valence-electron chi connectivity index (χ1n) is 10.2. The van der Waals surface area contributed by atoms with Gasteiger partial charge in [0, 0.05) is 18.8 Å². The van der Waals surface area contributed by atoms with E-state index < -0.39 is 23.9 Å². The Balaban J connectivity index is 1.52. The van der Waals surface area contributed by atoms with Crippen molar-refractivity contribution in [2.24, 2.45) is 0 Å². The van der Waals surface area contributed by atoms with Gasteiger partial charge in [-0.05, 0) is 32.9 Å². The summed E-state index contributed by atoms with van der Waals surface area (Å²) in [5, 5.41) is 3.55. The molecule has 1 amide bonds. The predicted octanol–water partition coefficient (Wildman–Crippen LogP) is 4.43. The monoisotopic (exact) mass is 461 g/mol. The number of alkyl halides is 1. The van der Waals surface area contributed by atoms with E-state index >= 15 is 0 Å². The normalized spacial score (nSPS) is 18.8. The minimum absolute atomic E-state index is 0.0279. The summed E-state index contributed by atoms with van der Waals surface area (Å²) in [7, 11) is 1.55. The summed E-state index contributed by atoms with van der Waals surface area (Å²) < 4.78 is 27.0. The second-order valence-electron chi connectivity index (χ2n) is 8.62. The summed E-state index contributed by atoms with van der Waals surface area (Å²) in [6.07, 6.45) is 1.64. The fraction of sp³-hybridized carbons (Fsp3) is 0.409. The van der Waals surface area contributed by atoms with E-state index in [4.69, 9.17) is 21.1 Å². The highest BCUT2D eigenvalue weighted by atomic mass is 35.5. The van der Waals surface area contributed by atoms with E-state index in [2.05, 4.69) is 15.3 Å². The lowest BCUT2D eigenvalue weighted by Crippen LogP contribution is -2.36. The lowest BCUT2D eigenvalue weighted by atomic mass is 10.2. The van der Waals surface area contributed by atoms with Crippen molar-refractivity contribution >= 4 is 29.2 Å². The standard InChI is InChI=1S/C22H25ClFN5O3/c1-22(2,3)32-21(30)28-11-14(24)16(12-28)27-19-7-5-6-15(26-19)17-9-25-20-8-18(31-4)13(23)10-29(17)20/h5-10,14,16H,11-12H2,1-4H3,(H,26,27)/t14-,16?/m0/s1. The van der Waals surface area contributed by atoms with Crippen LogP contribution < -0.4 is 10.1 Å². The Morgan fingerprint density at radius 1 is 1.31 bits per heavy atom. The van der Waals surface area contributed by atoms with Gasteiger partial charge in [0.15, 0.2) is 0 Å². The Hall–Kier alpha value is -3.07. The number of halogens is 2. The van der Waals surface area contributed by atoms with Gasteiger partial charge in [0.1, 0.15) is 29.0 Å². The fourth-order valence-electron chi connectivity index (χ4n) is 3.55. The molecule has 3 aromatic heterocycles. The number of aromatic nitrogens is 3. The van der Waals surface area contributed by atoms with Gasteiger partial charge in [-0.25, -0.2) is 19.2 Å². The first kappa shape index (κ1) is 22.1. The van der Waals surface area contributed by atoms with Crippen LogP contribution in [0.3, 0.4) is 0 Å². The molecule has 10 heteroatoms. The number of amides is 1. The van der Waals surface area contributed by atoms with Gasteiger partial charge in [-0.1, -0.05) is 17.7 Å². The Morgan fingerprint density at radius 3 is 2.81 bits per heavy atom. The number of pyridine rings is 2. The second-order valence-corrected chi connectivity index (χ2v) is 9.03. The van der Waals surface area contributed by atoms with Gasteiger partial charge in [0.25, 0.3) is 0 Å². The highest BCUT2D eigenvalue weighted by Crippen LogP contribution is 2.29. The molecule has 0 radical (unpaired) electrons. The SMILES string of the molecule is COc1cc2ncc(-c3cccc(NC4CN(C(=O)OC(C)(C)C)C[C@@H]4F)n3)n2cc1Cl. The first-order valence-corrected chi connectivity index (χ1v) is 10.6. The lowest BCUT2D eigenvalue weighted by Gasteiger charge is -2.24. The number of methoxy groups -OCH3 is 1. The topological polar surface area (TPSA) is 81.0 Å². The van der Waals surface area contributed by atoms with Crippen molar-refractivity contribution in [3.63, 3.8) is 0 Å². The van der Waals surface area contributed by atoms with Crippen LogP contribution >= 0.6 is 11.6 Å². The van der Waals surface area contributed by atoms with Crippen LogP contribution in [-0.2, 0) is 4.74 Å². The number of carbonyl (C=O) groups is 1. The summed E-state index contributed by atoms with van der Waals surface area (Å²) in [5.74, 6) is 1.03. The summed E-state index contributed by atoms with van der Waals surface area (Å²) in [6, 6.07) is 6.56. The minimum atomic E-state index is -1.24. The Bertz CT molecular complexity index is 1150. The van der Waals surface area contributed by atoms with E-state index in [0.29, 0.717) is 27.9 Å². The first-order chi connectivity index (χ1) is 15.1. The van der Waals surface area contributed by atoms with Gasteiger partial charge < -0.3 is 19.7 Å². The molecule has 1 aliphatic rings. The van der Waals surface area contributed by atoms with Crippen molar-refractivity contribution in [1.29, 1.82) is 0 Å². The van der Waals surface area contributed by atoms with Crippen LogP contribution in [0.1, 0.15) is 20.8 Å². The van der Waals surface area contributed by atoms with Crippen LogP contribution in [0, 0.1) is 0 Å². The van der Waals surface area contributed by atoms with Crippen molar-refractivity contribution in [2.45, 2.75) is 38.6 Å². The zero-order chi connectivity index (χ0) is 23.0. The van der Waals surface area contributed by atoms with E-state index in [0.717, 1.165) is 5.69 Å². The van der Waals surface area contributed by atoms with Crippen LogP contribution in [0.15, 0.2) is 36.7 Å². The smallest absolute Gasteiger partial charge is 0.410 e. The molecule has 4 heterocycles. The van der Waals surface area contributed by atoms with Gasteiger partial charge in [0.05, 0.1) is 42.3 Å². The molecule has 170 valence electrons. The molecule has 0 saturated carbocycles. The molecule has 0 spiro atoms. The highest BCUT2D eigenvalue weighted by Gasteiger charge is 2.37. The van der Waals surface area contributed by atoms with E-state index in [1.54, 1.807) is 52.4 Å². The van der Waals surface area contributed by atoms with E-state index in [1.165, 1.54) is 4.90 Å². The number of nitrogens with zero attached hydrogens (tertiary/aromatic N) is 4. The van der Waals surface area contributed by atoms with Crippen molar-refractivity contribution in [3.8, 4) is 17.1 Å². The van der Waals surface area contributed by atoms with Gasteiger partial charge in [-0.3, -0.25) is 4.40 Å². The number of carbonyl (C=O) groups excluding carboxylic acids is 1. The average Bonchev–Trinajstić information content (AvgIpc) is 3.29. The molecule has 2 atom stereocenters. The van der Waals surface area contributed by atoms with Crippen LogP contribution in [0.5, 0.6) is 5.75 Å². The Morgan fingerprint density at radius 2 is 2.09 bits per heavy atom. The number of fused-ring (bicyclic) bond motifs is 1. The van der Waals surface area contributed by atoms with Crippen LogP contribution in [-0.4, -0.2) is 63.4 Å². The number of hydrogen-bond acceptors (Lipinski definition) is 6. The number of likely N-dealkylation sites (tertiary alicyclic amines) is 1. The highest BCUT2D eigenvalue weighted by molar-refractivity contribution is 6.32. The maximum absolute atomic E-state index is 14.6. The Labute approximate surface area is 190 Å². The van der Waals surface area contributed by atoms with Crippen LogP contribution in [0.4, 0.5) is 15.0 Å². The molecule has 1 N–H and O–H groups in total. The number of rotatable bonds is 4. The molecule has 8 nitrogen and oxygen atoms in total. The van der Waals surface area contributed by atoms with Crippen LogP contribution in [0.2, 0.25) is 5.02 Å². The number of nitrogens with one attached hydrogen (secondary N) is 1. The third-order valence-electron chi connectivity index (χ3n) is 5.03. The molecule has 3 aromatic rings. The summed E-state index contributed by atoms with van der Waals surface area (Å²) >= 11 is 6.27. The molecule has 4 rings (SSSR count). The number of ether oxygens (including phenoxy) is 2. The molecule has 1 aliphatic heterocycles. The summed E-state index contributed by atoms with van der Waals surface area (Å²) in [5.41, 5.74) is 1.40. The number of hydrogen-bond donors (Lipinski definition) is 1. The van der Waals surface area contributed by atoms with Gasteiger partial charge >= 0.3 is 6.09 Å². The maximum Gasteiger partial charge on any atom is 0.410 e.